The molecule has 2 fully saturated rings. The van der Waals surface area contributed by atoms with Gasteiger partial charge in [-0.25, -0.2) is 4.79 Å². The van der Waals surface area contributed by atoms with E-state index in [1.54, 1.807) is 31.2 Å². The molecule has 2 saturated carbocycles. The lowest BCUT2D eigenvalue weighted by Crippen LogP contribution is -2.46. The molecule has 5 nitrogen and oxygen atoms in total. The molecule has 5 heteroatoms. The fourth-order valence-electron chi connectivity index (χ4n) is 5.21. The third-order valence-corrected chi connectivity index (χ3v) is 7.53. The lowest BCUT2D eigenvalue weighted by atomic mass is 9.70. The van der Waals surface area contributed by atoms with E-state index in [2.05, 4.69) is 20.8 Å². The van der Waals surface area contributed by atoms with E-state index in [0.717, 1.165) is 17.7 Å². The van der Waals surface area contributed by atoms with Crippen LogP contribution in [0.4, 0.5) is 0 Å². The Balaban J connectivity index is 1.52. The van der Waals surface area contributed by atoms with E-state index in [0.29, 0.717) is 17.0 Å². The van der Waals surface area contributed by atoms with Gasteiger partial charge in [-0.15, -0.1) is 0 Å². The van der Waals surface area contributed by atoms with Crippen LogP contribution in [0.2, 0.25) is 0 Å². The number of carbonyl (C=O) groups is 3. The van der Waals surface area contributed by atoms with Crippen molar-refractivity contribution in [1.29, 1.82) is 0 Å². The fraction of sp³-hybridized carbons (Fsp3) is 0.571. The standard InChI is InChI=1S/C21H25NO4/c1-12(22-17(23)14-7-5-6-8-15(14)18(22)24)19(25)26-16-11-13-9-10-21(16,4)20(13,2)3/h5-8,12-13,16H,9-11H2,1-4H3/t12-,13+,16-,21+/m1/s1. The van der Waals surface area contributed by atoms with Crippen molar-refractivity contribution in [2.45, 2.75) is 59.1 Å². The zero-order valence-electron chi connectivity index (χ0n) is 15.7. The summed E-state index contributed by atoms with van der Waals surface area (Å²) in [5.41, 5.74) is 0.793. The molecule has 0 aromatic heterocycles. The third kappa shape index (κ3) is 2.06. The van der Waals surface area contributed by atoms with Gasteiger partial charge in [0.25, 0.3) is 11.8 Å². The Morgan fingerprint density at radius 1 is 1.15 bits per heavy atom. The molecule has 1 aromatic carbocycles. The second kappa shape index (κ2) is 5.41. The zero-order chi connectivity index (χ0) is 18.9. The highest BCUT2D eigenvalue weighted by Gasteiger charge is 2.63. The Hall–Kier alpha value is -2.17. The molecule has 0 N–H and O–H groups in total. The minimum absolute atomic E-state index is 0.0466. The first-order valence-electron chi connectivity index (χ1n) is 9.36. The van der Waals surface area contributed by atoms with Crippen molar-refractivity contribution in [1.82, 2.24) is 4.90 Å². The molecule has 0 unspecified atom stereocenters. The van der Waals surface area contributed by atoms with Gasteiger partial charge in [-0.05, 0) is 49.7 Å². The van der Waals surface area contributed by atoms with Gasteiger partial charge in [0.15, 0.2) is 0 Å². The van der Waals surface area contributed by atoms with Crippen LogP contribution in [-0.4, -0.2) is 34.8 Å². The summed E-state index contributed by atoms with van der Waals surface area (Å²) in [7, 11) is 0. The minimum atomic E-state index is -0.923. The lowest BCUT2D eigenvalue weighted by Gasteiger charge is -2.39. The number of hydrogen-bond donors (Lipinski definition) is 0. The number of carbonyl (C=O) groups excluding carboxylic acids is 3. The van der Waals surface area contributed by atoms with Crippen LogP contribution >= 0.6 is 0 Å². The van der Waals surface area contributed by atoms with Crippen molar-refractivity contribution in [3.05, 3.63) is 35.4 Å². The quantitative estimate of drug-likeness (QED) is 0.615. The van der Waals surface area contributed by atoms with Crippen LogP contribution in [0.5, 0.6) is 0 Å². The van der Waals surface area contributed by atoms with Gasteiger partial charge in [0, 0.05) is 5.41 Å². The summed E-state index contributed by atoms with van der Waals surface area (Å²) >= 11 is 0. The number of fused-ring (bicyclic) bond motifs is 3. The molecule has 2 amide bonds. The monoisotopic (exact) mass is 355 g/mol. The van der Waals surface area contributed by atoms with Gasteiger partial charge in [0.05, 0.1) is 11.1 Å². The number of imide groups is 1. The SMILES string of the molecule is C[C@H](C(=O)O[C@@H]1C[C@@H]2CC[C@]1(C)C2(C)C)N1C(=O)c2ccccc2C1=O. The largest absolute Gasteiger partial charge is 0.460 e. The molecule has 0 spiro atoms. The van der Waals surface area contributed by atoms with Crippen molar-refractivity contribution in [2.24, 2.45) is 16.7 Å². The molecular weight excluding hydrogens is 330 g/mol. The highest BCUT2D eigenvalue weighted by Crippen LogP contribution is 2.66. The van der Waals surface area contributed by atoms with Crippen LogP contribution in [0, 0.1) is 16.7 Å². The van der Waals surface area contributed by atoms with E-state index in [4.69, 9.17) is 4.74 Å². The van der Waals surface area contributed by atoms with Crippen molar-refractivity contribution < 1.29 is 19.1 Å². The minimum Gasteiger partial charge on any atom is -0.460 e. The van der Waals surface area contributed by atoms with Crippen LogP contribution in [0.3, 0.4) is 0 Å². The summed E-state index contributed by atoms with van der Waals surface area (Å²) in [6, 6.07) is 5.75. The first-order chi connectivity index (χ1) is 12.2. The average Bonchev–Trinajstić information content (AvgIpc) is 3.07. The van der Waals surface area contributed by atoms with Gasteiger partial charge in [-0.3, -0.25) is 14.5 Å². The van der Waals surface area contributed by atoms with E-state index in [9.17, 15) is 14.4 Å². The van der Waals surface area contributed by atoms with Crippen LogP contribution in [-0.2, 0) is 9.53 Å². The average molecular weight is 355 g/mol. The number of hydrogen-bond acceptors (Lipinski definition) is 4. The zero-order valence-corrected chi connectivity index (χ0v) is 15.7. The van der Waals surface area contributed by atoms with Crippen LogP contribution in [0.1, 0.15) is 67.7 Å². The number of rotatable bonds is 3. The third-order valence-electron chi connectivity index (χ3n) is 7.53. The Bertz CT molecular complexity index is 779. The van der Waals surface area contributed by atoms with E-state index in [1.807, 2.05) is 0 Å². The van der Waals surface area contributed by atoms with Crippen molar-refractivity contribution in [2.75, 3.05) is 0 Å². The Morgan fingerprint density at radius 3 is 2.19 bits per heavy atom. The molecule has 4 atom stereocenters. The number of nitrogens with zero attached hydrogens (tertiary/aromatic N) is 1. The van der Waals surface area contributed by atoms with Crippen LogP contribution in [0.15, 0.2) is 24.3 Å². The van der Waals surface area contributed by atoms with Crippen LogP contribution < -0.4 is 0 Å². The number of benzene rings is 1. The van der Waals surface area contributed by atoms with Crippen LogP contribution in [0.25, 0.3) is 0 Å². The summed E-state index contributed by atoms with van der Waals surface area (Å²) in [4.78, 5) is 39.0. The van der Waals surface area contributed by atoms with E-state index < -0.39 is 23.8 Å². The van der Waals surface area contributed by atoms with Crippen molar-refractivity contribution in [3.63, 3.8) is 0 Å². The predicted octanol–water partition coefficient (Wildman–Crippen LogP) is 3.43. The predicted molar refractivity (Wildman–Crippen MR) is 95.5 cm³/mol. The fourth-order valence-corrected chi connectivity index (χ4v) is 5.21. The number of amides is 2. The molecule has 2 bridgehead atoms. The highest BCUT2D eigenvalue weighted by atomic mass is 16.5. The molecule has 0 saturated heterocycles. The maximum Gasteiger partial charge on any atom is 0.329 e. The maximum absolute atomic E-state index is 12.8. The maximum atomic E-state index is 12.8. The lowest BCUT2D eigenvalue weighted by molar-refractivity contribution is -0.161. The normalized spacial score (nSPS) is 32.7. The first kappa shape index (κ1) is 17.3. The summed E-state index contributed by atoms with van der Waals surface area (Å²) in [6.07, 6.45) is 2.93. The van der Waals surface area contributed by atoms with Gasteiger partial charge in [0.1, 0.15) is 12.1 Å². The summed E-state index contributed by atoms with van der Waals surface area (Å²) < 4.78 is 5.87. The topological polar surface area (TPSA) is 63.7 Å². The first-order valence-corrected chi connectivity index (χ1v) is 9.36. The number of esters is 1. The van der Waals surface area contributed by atoms with Gasteiger partial charge in [-0.2, -0.15) is 0 Å². The Kier molecular flexibility index (Phi) is 3.59. The van der Waals surface area contributed by atoms with E-state index >= 15 is 0 Å². The molecule has 0 radical (unpaired) electrons. The second-order valence-corrected chi connectivity index (χ2v) is 8.74. The van der Waals surface area contributed by atoms with Gasteiger partial charge in [0.2, 0.25) is 0 Å². The van der Waals surface area contributed by atoms with Gasteiger partial charge in [-0.1, -0.05) is 32.9 Å². The van der Waals surface area contributed by atoms with Gasteiger partial charge < -0.3 is 4.74 Å². The van der Waals surface area contributed by atoms with Crippen molar-refractivity contribution in [3.8, 4) is 0 Å². The molecule has 4 rings (SSSR count). The molecular formula is C21H25NO4. The van der Waals surface area contributed by atoms with Crippen molar-refractivity contribution >= 4 is 17.8 Å². The molecule has 2 aliphatic carbocycles. The molecule has 1 heterocycles. The Morgan fingerprint density at radius 2 is 1.73 bits per heavy atom. The summed E-state index contributed by atoms with van der Waals surface area (Å²) in [6.45, 7) is 8.29. The van der Waals surface area contributed by atoms with E-state index in [-0.39, 0.29) is 16.9 Å². The molecule has 138 valence electrons. The molecule has 3 aliphatic rings. The summed E-state index contributed by atoms with van der Waals surface area (Å²) in [5.74, 6) is -0.780. The second-order valence-electron chi connectivity index (χ2n) is 8.74. The Labute approximate surface area is 153 Å². The highest BCUT2D eigenvalue weighted by molar-refractivity contribution is 6.22. The molecule has 26 heavy (non-hydrogen) atoms. The van der Waals surface area contributed by atoms with Gasteiger partial charge >= 0.3 is 5.97 Å². The summed E-state index contributed by atoms with van der Waals surface area (Å²) in [5, 5.41) is 0. The number of ether oxygens (including phenoxy) is 1. The smallest absolute Gasteiger partial charge is 0.329 e. The van der Waals surface area contributed by atoms with E-state index in [1.165, 1.54) is 6.42 Å². The molecule has 1 aliphatic heterocycles. The molecule has 1 aromatic rings.